The Balaban J connectivity index is 0.00000200. The molecule has 1 aromatic heterocycles. The molecule has 2 rings (SSSR count). The van der Waals surface area contributed by atoms with E-state index in [4.69, 9.17) is 0 Å². The summed E-state index contributed by atoms with van der Waals surface area (Å²) in [4.78, 5) is 16.1. The molecule has 0 radical (unpaired) electrons. The first-order valence-electron chi connectivity index (χ1n) is 6.29. The van der Waals surface area contributed by atoms with Crippen molar-refractivity contribution in [2.24, 2.45) is 0 Å². The number of carbonyl (C=O) groups excluding carboxylic acids is 1. The minimum absolute atomic E-state index is 0. The lowest BCUT2D eigenvalue weighted by molar-refractivity contribution is 0.102. The van der Waals surface area contributed by atoms with Crippen LogP contribution in [0.25, 0.3) is 0 Å². The number of halogens is 1. The van der Waals surface area contributed by atoms with E-state index in [1.807, 2.05) is 24.3 Å². The molecule has 106 valence electrons. The third kappa shape index (κ3) is 3.81. The van der Waals surface area contributed by atoms with Gasteiger partial charge in [0, 0.05) is 18.1 Å². The van der Waals surface area contributed by atoms with Crippen molar-refractivity contribution >= 4 is 24.0 Å². The number of para-hydroxylation sites is 1. The maximum Gasteiger partial charge on any atom is 0.257 e. The van der Waals surface area contributed by atoms with Crippen LogP contribution in [0.5, 0.6) is 0 Å². The van der Waals surface area contributed by atoms with Crippen molar-refractivity contribution in [2.45, 2.75) is 26.2 Å². The third-order valence-corrected chi connectivity index (χ3v) is 2.91. The van der Waals surface area contributed by atoms with Crippen molar-refractivity contribution in [3.8, 4) is 0 Å². The van der Waals surface area contributed by atoms with Crippen LogP contribution in [0.1, 0.15) is 36.7 Å². The first-order chi connectivity index (χ1) is 8.98. The number of anilines is 1. The molecule has 0 spiro atoms. The number of pyridine rings is 1. The Morgan fingerprint density at radius 3 is 2.40 bits per heavy atom. The fourth-order valence-electron chi connectivity index (χ4n) is 1.94. The maximum atomic E-state index is 12.1. The van der Waals surface area contributed by atoms with Gasteiger partial charge < -0.3 is 5.32 Å². The molecule has 0 aliphatic rings. The van der Waals surface area contributed by atoms with Crippen LogP contribution in [-0.2, 0) is 5.41 Å². The topological polar surface area (TPSA) is 42.0 Å². The molecule has 1 amide bonds. The summed E-state index contributed by atoms with van der Waals surface area (Å²) in [6.07, 6.45) is 3.22. The van der Waals surface area contributed by atoms with E-state index >= 15 is 0 Å². The van der Waals surface area contributed by atoms with Crippen LogP contribution in [0.4, 0.5) is 5.69 Å². The van der Waals surface area contributed by atoms with Gasteiger partial charge in [-0.15, -0.1) is 12.4 Å². The second-order valence-electron chi connectivity index (χ2n) is 5.49. The Bertz CT molecular complexity index is 577. The van der Waals surface area contributed by atoms with Gasteiger partial charge >= 0.3 is 0 Å². The van der Waals surface area contributed by atoms with Gasteiger partial charge in [0.05, 0.1) is 5.56 Å². The SMILES string of the molecule is CC(C)(C)c1ccccc1NC(=O)c1cccnc1.Cl. The summed E-state index contributed by atoms with van der Waals surface area (Å²) in [5.41, 5.74) is 2.51. The van der Waals surface area contributed by atoms with Crippen LogP contribution >= 0.6 is 12.4 Å². The second kappa shape index (κ2) is 6.53. The predicted octanol–water partition coefficient (Wildman–Crippen LogP) is 4.05. The Morgan fingerprint density at radius 1 is 1.10 bits per heavy atom. The Labute approximate surface area is 125 Å². The summed E-state index contributed by atoms with van der Waals surface area (Å²) in [5, 5.41) is 2.95. The van der Waals surface area contributed by atoms with Crippen molar-refractivity contribution in [2.75, 3.05) is 5.32 Å². The lowest BCUT2D eigenvalue weighted by atomic mass is 9.86. The molecule has 0 saturated carbocycles. The number of nitrogens with zero attached hydrogens (tertiary/aromatic N) is 1. The molecular weight excluding hydrogens is 272 g/mol. The van der Waals surface area contributed by atoms with E-state index < -0.39 is 0 Å². The van der Waals surface area contributed by atoms with Crippen LogP contribution in [0.15, 0.2) is 48.8 Å². The molecular formula is C16H19ClN2O. The largest absolute Gasteiger partial charge is 0.322 e. The monoisotopic (exact) mass is 290 g/mol. The molecule has 0 unspecified atom stereocenters. The van der Waals surface area contributed by atoms with Gasteiger partial charge in [0.15, 0.2) is 0 Å². The number of amides is 1. The lowest BCUT2D eigenvalue weighted by Gasteiger charge is -2.22. The van der Waals surface area contributed by atoms with Gasteiger partial charge in [-0.1, -0.05) is 39.0 Å². The average molecular weight is 291 g/mol. The molecule has 0 saturated heterocycles. The van der Waals surface area contributed by atoms with E-state index in [2.05, 4.69) is 31.1 Å². The van der Waals surface area contributed by atoms with Gasteiger partial charge in [0.1, 0.15) is 0 Å². The quantitative estimate of drug-likeness (QED) is 0.906. The Kier molecular flexibility index (Phi) is 5.28. The summed E-state index contributed by atoms with van der Waals surface area (Å²) in [7, 11) is 0. The lowest BCUT2D eigenvalue weighted by Crippen LogP contribution is -2.18. The minimum Gasteiger partial charge on any atom is -0.322 e. The third-order valence-electron chi connectivity index (χ3n) is 2.91. The minimum atomic E-state index is -0.134. The van der Waals surface area contributed by atoms with Crippen LogP contribution < -0.4 is 5.32 Å². The molecule has 1 aromatic carbocycles. The molecule has 1 N–H and O–H groups in total. The van der Waals surface area contributed by atoms with Crippen molar-refractivity contribution < 1.29 is 4.79 Å². The highest BCUT2D eigenvalue weighted by Crippen LogP contribution is 2.29. The zero-order chi connectivity index (χ0) is 13.9. The number of carbonyl (C=O) groups is 1. The van der Waals surface area contributed by atoms with E-state index in [9.17, 15) is 4.79 Å². The normalized spacial score (nSPS) is 10.6. The van der Waals surface area contributed by atoms with E-state index in [0.29, 0.717) is 5.56 Å². The molecule has 3 nitrogen and oxygen atoms in total. The van der Waals surface area contributed by atoms with Crippen molar-refractivity contribution in [1.82, 2.24) is 4.98 Å². The zero-order valence-electron chi connectivity index (χ0n) is 11.9. The number of hydrogen-bond donors (Lipinski definition) is 1. The van der Waals surface area contributed by atoms with Crippen molar-refractivity contribution in [3.63, 3.8) is 0 Å². The van der Waals surface area contributed by atoms with E-state index in [0.717, 1.165) is 11.3 Å². The van der Waals surface area contributed by atoms with Gasteiger partial charge in [-0.05, 0) is 29.2 Å². The molecule has 20 heavy (non-hydrogen) atoms. The number of rotatable bonds is 2. The van der Waals surface area contributed by atoms with Gasteiger partial charge in [0.2, 0.25) is 0 Å². The van der Waals surface area contributed by atoms with E-state index in [-0.39, 0.29) is 23.7 Å². The summed E-state index contributed by atoms with van der Waals surface area (Å²) in [6.45, 7) is 6.38. The Hall–Kier alpha value is -1.87. The molecule has 0 aliphatic heterocycles. The molecule has 0 fully saturated rings. The van der Waals surface area contributed by atoms with Crippen LogP contribution in [-0.4, -0.2) is 10.9 Å². The fourth-order valence-corrected chi connectivity index (χ4v) is 1.94. The van der Waals surface area contributed by atoms with Gasteiger partial charge in [-0.25, -0.2) is 0 Å². The van der Waals surface area contributed by atoms with Crippen LogP contribution in [0.3, 0.4) is 0 Å². The molecule has 0 aliphatic carbocycles. The summed E-state index contributed by atoms with van der Waals surface area (Å²) in [5.74, 6) is -0.134. The first-order valence-corrected chi connectivity index (χ1v) is 6.29. The maximum absolute atomic E-state index is 12.1. The predicted molar refractivity (Wildman–Crippen MR) is 84.6 cm³/mol. The highest BCUT2D eigenvalue weighted by Gasteiger charge is 2.18. The molecule has 0 atom stereocenters. The Morgan fingerprint density at radius 2 is 1.80 bits per heavy atom. The number of aromatic nitrogens is 1. The molecule has 2 aromatic rings. The summed E-state index contributed by atoms with van der Waals surface area (Å²) < 4.78 is 0. The van der Waals surface area contributed by atoms with Gasteiger partial charge in [-0.3, -0.25) is 9.78 Å². The fraction of sp³-hybridized carbons (Fsp3) is 0.250. The van der Waals surface area contributed by atoms with Crippen LogP contribution in [0.2, 0.25) is 0 Å². The van der Waals surface area contributed by atoms with Gasteiger partial charge in [-0.2, -0.15) is 0 Å². The smallest absolute Gasteiger partial charge is 0.257 e. The average Bonchev–Trinajstić information content (AvgIpc) is 2.39. The number of benzene rings is 1. The summed E-state index contributed by atoms with van der Waals surface area (Å²) in [6, 6.07) is 11.4. The number of hydrogen-bond acceptors (Lipinski definition) is 2. The van der Waals surface area contributed by atoms with Crippen LogP contribution in [0, 0.1) is 0 Å². The van der Waals surface area contributed by atoms with E-state index in [1.54, 1.807) is 24.5 Å². The summed E-state index contributed by atoms with van der Waals surface area (Å²) >= 11 is 0. The molecule has 4 heteroatoms. The second-order valence-corrected chi connectivity index (χ2v) is 5.49. The standard InChI is InChI=1S/C16H18N2O.ClH/c1-16(2,3)13-8-4-5-9-14(13)18-15(19)12-7-6-10-17-11-12;/h4-11H,1-3H3,(H,18,19);1H. The highest BCUT2D eigenvalue weighted by atomic mass is 35.5. The first kappa shape index (κ1) is 16.2. The molecule has 1 heterocycles. The van der Waals surface area contributed by atoms with Crippen molar-refractivity contribution in [3.05, 3.63) is 59.9 Å². The number of nitrogens with one attached hydrogen (secondary N) is 1. The molecule has 0 bridgehead atoms. The van der Waals surface area contributed by atoms with Crippen molar-refractivity contribution in [1.29, 1.82) is 0 Å². The highest BCUT2D eigenvalue weighted by molar-refractivity contribution is 6.04. The zero-order valence-corrected chi connectivity index (χ0v) is 12.7. The van der Waals surface area contributed by atoms with Gasteiger partial charge in [0.25, 0.3) is 5.91 Å². The van der Waals surface area contributed by atoms with E-state index in [1.165, 1.54) is 0 Å².